The number of pyridine rings is 1. The molecule has 4 nitrogen and oxygen atoms in total. The van der Waals surface area contributed by atoms with E-state index in [2.05, 4.69) is 42.2 Å². The van der Waals surface area contributed by atoms with E-state index in [1.807, 2.05) is 41.1 Å². The van der Waals surface area contributed by atoms with Gasteiger partial charge >= 0.3 is 0 Å². The lowest BCUT2D eigenvalue weighted by Gasteiger charge is -2.06. The highest BCUT2D eigenvalue weighted by molar-refractivity contribution is 9.11. The Kier molecular flexibility index (Phi) is 4.80. The molecule has 0 atom stereocenters. The van der Waals surface area contributed by atoms with Crippen LogP contribution in [0.2, 0.25) is 0 Å². The quantitative estimate of drug-likeness (QED) is 0.389. The van der Waals surface area contributed by atoms with Gasteiger partial charge in [-0.1, -0.05) is 12.1 Å². The third-order valence-corrected chi connectivity index (χ3v) is 5.01. The Hall–Kier alpha value is -2.51. The molecule has 0 fully saturated rings. The maximum absolute atomic E-state index is 13.0. The number of carbonyl (C=O) groups is 1. The van der Waals surface area contributed by atoms with E-state index in [9.17, 15) is 9.18 Å². The number of nitrogens with one attached hydrogen (secondary N) is 1. The second kappa shape index (κ2) is 7.25. The lowest BCUT2D eigenvalue weighted by Crippen LogP contribution is -2.11. The minimum atomic E-state index is -0.377. The zero-order valence-electron chi connectivity index (χ0n) is 13.8. The highest BCUT2D eigenvalue weighted by Crippen LogP contribution is 2.27. The fourth-order valence-electron chi connectivity index (χ4n) is 2.72. The summed E-state index contributed by atoms with van der Waals surface area (Å²) >= 11 is 6.98. The van der Waals surface area contributed by atoms with Gasteiger partial charge in [-0.2, -0.15) is 0 Å². The summed E-state index contributed by atoms with van der Waals surface area (Å²) in [5.41, 5.74) is 3.49. The van der Waals surface area contributed by atoms with Crippen molar-refractivity contribution in [1.29, 1.82) is 0 Å². The Bertz CT molecular complexity index is 1160. The zero-order chi connectivity index (χ0) is 19.0. The van der Waals surface area contributed by atoms with E-state index in [1.165, 1.54) is 24.3 Å². The Morgan fingerprint density at radius 3 is 2.59 bits per heavy atom. The summed E-state index contributed by atoms with van der Waals surface area (Å²) < 4.78 is 16.8. The molecule has 0 aliphatic heterocycles. The summed E-state index contributed by atoms with van der Waals surface area (Å²) in [7, 11) is 0. The van der Waals surface area contributed by atoms with E-state index < -0.39 is 0 Å². The Morgan fingerprint density at radius 1 is 1.04 bits per heavy atom. The molecule has 0 aliphatic rings. The number of amides is 1. The van der Waals surface area contributed by atoms with Crippen LogP contribution >= 0.6 is 31.9 Å². The molecule has 134 valence electrons. The number of rotatable bonds is 3. The first-order valence-electron chi connectivity index (χ1n) is 8.01. The highest BCUT2D eigenvalue weighted by Gasteiger charge is 2.10. The lowest BCUT2D eigenvalue weighted by molar-refractivity contribution is 0.102. The molecule has 0 radical (unpaired) electrons. The minimum Gasteiger partial charge on any atom is -0.322 e. The molecular weight excluding hydrogens is 477 g/mol. The first-order valence-corrected chi connectivity index (χ1v) is 9.59. The van der Waals surface area contributed by atoms with Crippen LogP contribution in [0.5, 0.6) is 0 Å². The van der Waals surface area contributed by atoms with Gasteiger partial charge in [-0.25, -0.2) is 9.37 Å². The first-order chi connectivity index (χ1) is 13.0. The second-order valence-electron chi connectivity index (χ2n) is 5.91. The maximum atomic E-state index is 13.0. The van der Waals surface area contributed by atoms with Crippen LogP contribution in [0.4, 0.5) is 10.1 Å². The molecule has 1 N–H and O–H groups in total. The van der Waals surface area contributed by atoms with E-state index in [0.29, 0.717) is 11.3 Å². The Balaban J connectivity index is 1.63. The van der Waals surface area contributed by atoms with E-state index in [-0.39, 0.29) is 11.7 Å². The topological polar surface area (TPSA) is 46.4 Å². The van der Waals surface area contributed by atoms with Gasteiger partial charge in [0.1, 0.15) is 5.82 Å². The summed E-state index contributed by atoms with van der Waals surface area (Å²) in [4.78, 5) is 17.0. The van der Waals surface area contributed by atoms with E-state index >= 15 is 0 Å². The Morgan fingerprint density at radius 2 is 1.81 bits per heavy atom. The summed E-state index contributed by atoms with van der Waals surface area (Å²) in [6, 6.07) is 14.8. The number of halogens is 3. The van der Waals surface area contributed by atoms with Crippen molar-refractivity contribution in [3.05, 3.63) is 87.3 Å². The number of nitrogens with zero attached hydrogens (tertiary/aromatic N) is 2. The van der Waals surface area contributed by atoms with E-state index in [4.69, 9.17) is 0 Å². The van der Waals surface area contributed by atoms with Crippen LogP contribution in [0.25, 0.3) is 16.9 Å². The van der Waals surface area contributed by atoms with Gasteiger partial charge in [-0.05, 0) is 74.3 Å². The van der Waals surface area contributed by atoms with Gasteiger partial charge in [0.15, 0.2) is 5.65 Å². The molecule has 0 spiro atoms. The van der Waals surface area contributed by atoms with Crippen molar-refractivity contribution < 1.29 is 9.18 Å². The third kappa shape index (κ3) is 3.79. The van der Waals surface area contributed by atoms with Crippen molar-refractivity contribution in [1.82, 2.24) is 9.38 Å². The molecule has 4 aromatic rings. The molecular formula is C20H12Br2FN3O. The molecule has 0 saturated carbocycles. The van der Waals surface area contributed by atoms with Gasteiger partial charge in [0.05, 0.1) is 10.2 Å². The van der Waals surface area contributed by atoms with Crippen molar-refractivity contribution in [2.75, 3.05) is 5.32 Å². The molecule has 2 aromatic heterocycles. The van der Waals surface area contributed by atoms with Crippen molar-refractivity contribution in [3.63, 3.8) is 0 Å². The third-order valence-electron chi connectivity index (χ3n) is 4.00. The monoisotopic (exact) mass is 487 g/mol. The summed E-state index contributed by atoms with van der Waals surface area (Å²) in [5, 5.41) is 2.83. The fraction of sp³-hybridized carbons (Fsp3) is 0. The molecule has 0 saturated heterocycles. The van der Waals surface area contributed by atoms with Crippen LogP contribution in [0, 0.1) is 5.82 Å². The average Bonchev–Trinajstić information content (AvgIpc) is 3.07. The molecule has 1 amide bonds. The van der Waals surface area contributed by atoms with Gasteiger partial charge in [0.2, 0.25) is 0 Å². The fourth-order valence-corrected chi connectivity index (χ4v) is 4.02. The van der Waals surface area contributed by atoms with Crippen LogP contribution in [-0.2, 0) is 0 Å². The van der Waals surface area contributed by atoms with E-state index in [0.717, 1.165) is 25.8 Å². The van der Waals surface area contributed by atoms with Crippen LogP contribution in [0.1, 0.15) is 10.4 Å². The van der Waals surface area contributed by atoms with Gasteiger partial charge in [0.25, 0.3) is 5.91 Å². The van der Waals surface area contributed by atoms with E-state index in [1.54, 1.807) is 6.07 Å². The van der Waals surface area contributed by atoms with Crippen molar-refractivity contribution in [2.24, 2.45) is 0 Å². The Labute approximate surface area is 171 Å². The number of aromatic nitrogens is 2. The number of benzene rings is 2. The van der Waals surface area contributed by atoms with Crippen LogP contribution < -0.4 is 5.32 Å². The normalized spacial score (nSPS) is 10.9. The smallest absolute Gasteiger partial charge is 0.255 e. The number of hydrogen-bond donors (Lipinski definition) is 1. The number of fused-ring (bicyclic) bond motifs is 1. The summed E-state index contributed by atoms with van der Waals surface area (Å²) in [6.45, 7) is 0. The molecule has 0 bridgehead atoms. The van der Waals surface area contributed by atoms with Crippen LogP contribution in [-0.4, -0.2) is 15.3 Å². The van der Waals surface area contributed by atoms with Crippen LogP contribution in [0.15, 0.2) is 75.9 Å². The largest absolute Gasteiger partial charge is 0.322 e. The standard InChI is InChI=1S/C20H12Br2FN3O/c21-14-9-17(22)19-25-18(11-26(19)10-14)13-2-1-3-16(8-13)24-20(27)12-4-6-15(23)7-5-12/h1-11H,(H,24,27). The maximum Gasteiger partial charge on any atom is 0.255 e. The SMILES string of the molecule is O=C(Nc1cccc(-c2cn3cc(Br)cc(Br)c3n2)c1)c1ccc(F)cc1. The lowest BCUT2D eigenvalue weighted by atomic mass is 10.1. The predicted molar refractivity (Wildman–Crippen MR) is 110 cm³/mol. The van der Waals surface area contributed by atoms with Gasteiger partial charge in [0, 0.05) is 33.7 Å². The second-order valence-corrected chi connectivity index (χ2v) is 7.68. The number of anilines is 1. The number of hydrogen-bond acceptors (Lipinski definition) is 2. The van der Waals surface area contributed by atoms with Crippen LogP contribution in [0.3, 0.4) is 0 Å². The van der Waals surface area contributed by atoms with Gasteiger partial charge in [-0.3, -0.25) is 4.79 Å². The van der Waals surface area contributed by atoms with Gasteiger partial charge in [-0.15, -0.1) is 0 Å². The van der Waals surface area contributed by atoms with Crippen molar-refractivity contribution in [3.8, 4) is 11.3 Å². The molecule has 7 heteroatoms. The average molecular weight is 489 g/mol. The highest BCUT2D eigenvalue weighted by atomic mass is 79.9. The summed E-state index contributed by atoms with van der Waals surface area (Å²) in [5.74, 6) is -0.674. The minimum absolute atomic E-state index is 0.297. The molecule has 0 unspecified atom stereocenters. The summed E-state index contributed by atoms with van der Waals surface area (Å²) in [6.07, 6.45) is 3.85. The molecule has 2 heterocycles. The molecule has 4 rings (SSSR count). The zero-order valence-corrected chi connectivity index (χ0v) is 17.0. The van der Waals surface area contributed by atoms with Crippen molar-refractivity contribution in [2.45, 2.75) is 0 Å². The molecule has 2 aromatic carbocycles. The molecule has 0 aliphatic carbocycles. The predicted octanol–water partition coefficient (Wildman–Crippen LogP) is 5.92. The van der Waals surface area contributed by atoms with Gasteiger partial charge < -0.3 is 9.72 Å². The first kappa shape index (κ1) is 17.9. The number of imidazole rings is 1. The molecule has 27 heavy (non-hydrogen) atoms. The number of carbonyl (C=O) groups excluding carboxylic acids is 1. The van der Waals surface area contributed by atoms with Crippen molar-refractivity contribution >= 4 is 49.1 Å².